The third kappa shape index (κ3) is 5.24. The Labute approximate surface area is 184 Å². The van der Waals surface area contributed by atoms with Gasteiger partial charge in [0.1, 0.15) is 5.82 Å². The lowest BCUT2D eigenvalue weighted by atomic mass is 9.95. The Morgan fingerprint density at radius 1 is 1.10 bits per heavy atom. The van der Waals surface area contributed by atoms with Crippen LogP contribution >= 0.6 is 0 Å². The van der Waals surface area contributed by atoms with Crippen LogP contribution in [0, 0.1) is 5.92 Å². The Hall–Kier alpha value is -2.90. The number of nitrogens with one attached hydrogen (secondary N) is 1. The number of carbonyl (C=O) groups excluding carboxylic acids is 1. The molecule has 1 aliphatic rings. The molecule has 2 aromatic heterocycles. The molecule has 0 atom stereocenters. The van der Waals surface area contributed by atoms with Gasteiger partial charge in [0.2, 0.25) is 5.91 Å². The first-order valence-corrected chi connectivity index (χ1v) is 11.0. The number of carbonyl (C=O) groups is 1. The molecule has 1 aromatic carbocycles. The van der Waals surface area contributed by atoms with Crippen molar-refractivity contribution >= 4 is 5.91 Å². The van der Waals surface area contributed by atoms with E-state index in [2.05, 4.69) is 44.2 Å². The molecule has 0 bridgehead atoms. The van der Waals surface area contributed by atoms with Crippen molar-refractivity contribution in [2.45, 2.75) is 19.4 Å². The fourth-order valence-corrected chi connectivity index (χ4v) is 4.14. The fraction of sp³-hybridized carbons (Fsp3) is 0.417. The maximum atomic E-state index is 12.4. The van der Waals surface area contributed by atoms with Gasteiger partial charge < -0.3 is 14.8 Å². The molecule has 0 unspecified atom stereocenters. The summed E-state index contributed by atoms with van der Waals surface area (Å²) in [6, 6.07) is 14.3. The van der Waals surface area contributed by atoms with Gasteiger partial charge in [0.05, 0.1) is 11.9 Å². The summed E-state index contributed by atoms with van der Waals surface area (Å²) < 4.78 is 4.13. The van der Waals surface area contributed by atoms with E-state index in [4.69, 9.17) is 5.10 Å². The molecule has 7 heteroatoms. The summed E-state index contributed by atoms with van der Waals surface area (Å²) in [5.74, 6) is 1.39. The van der Waals surface area contributed by atoms with Crippen molar-refractivity contribution in [1.29, 1.82) is 0 Å². The third-order valence-corrected chi connectivity index (χ3v) is 5.88. The summed E-state index contributed by atoms with van der Waals surface area (Å²) in [4.78, 5) is 17.0. The van der Waals surface area contributed by atoms with E-state index >= 15 is 0 Å². The Morgan fingerprint density at radius 3 is 2.48 bits per heavy atom. The molecular formula is C24H32N6O. The van der Waals surface area contributed by atoms with Crippen LogP contribution in [-0.2, 0) is 11.3 Å². The number of likely N-dealkylation sites (tertiary alicyclic amines) is 1. The normalized spacial score (nSPS) is 15.5. The zero-order chi connectivity index (χ0) is 21.6. The Morgan fingerprint density at radius 2 is 1.81 bits per heavy atom. The van der Waals surface area contributed by atoms with Gasteiger partial charge in [-0.2, -0.15) is 5.10 Å². The minimum absolute atomic E-state index is 0.120. The molecular weight excluding hydrogens is 388 g/mol. The first kappa shape index (κ1) is 21.3. The molecule has 7 nitrogen and oxygen atoms in total. The molecule has 164 valence electrons. The zero-order valence-corrected chi connectivity index (χ0v) is 18.4. The predicted molar refractivity (Wildman–Crippen MR) is 122 cm³/mol. The van der Waals surface area contributed by atoms with E-state index in [0.29, 0.717) is 6.54 Å². The molecule has 3 heterocycles. The number of nitrogens with zero attached hydrogens (tertiary/aromatic N) is 5. The lowest BCUT2D eigenvalue weighted by Gasteiger charge is -2.31. The van der Waals surface area contributed by atoms with E-state index in [1.54, 1.807) is 0 Å². The standard InChI is InChI=1S/C24H32N6O/c1-27(2)17-12-25-23(31)20-10-15-28(16-11-20)19-21-18-26-30(22-8-4-3-5-9-22)24(21)29-13-6-7-14-29/h3-9,13-14,18,20H,10-12,15-17,19H2,1-2H3,(H,25,31). The van der Waals surface area contributed by atoms with E-state index in [1.165, 1.54) is 5.56 Å². The maximum absolute atomic E-state index is 12.4. The van der Waals surface area contributed by atoms with Crippen molar-refractivity contribution in [1.82, 2.24) is 29.5 Å². The number of hydrogen-bond donors (Lipinski definition) is 1. The van der Waals surface area contributed by atoms with Crippen LogP contribution in [0.15, 0.2) is 61.1 Å². The number of hydrogen-bond acceptors (Lipinski definition) is 4. The molecule has 0 radical (unpaired) electrons. The number of piperidine rings is 1. The van der Waals surface area contributed by atoms with E-state index in [0.717, 1.165) is 50.5 Å². The molecule has 1 fully saturated rings. The Kier molecular flexibility index (Phi) is 6.84. The Bertz CT molecular complexity index is 955. The summed E-state index contributed by atoms with van der Waals surface area (Å²) in [5.41, 5.74) is 2.24. The minimum atomic E-state index is 0.120. The van der Waals surface area contributed by atoms with Gasteiger partial charge in [0, 0.05) is 43.5 Å². The highest BCUT2D eigenvalue weighted by molar-refractivity contribution is 5.78. The van der Waals surface area contributed by atoms with Crippen molar-refractivity contribution in [2.75, 3.05) is 40.3 Å². The van der Waals surface area contributed by atoms with Crippen molar-refractivity contribution < 1.29 is 4.79 Å². The van der Waals surface area contributed by atoms with E-state index in [-0.39, 0.29) is 11.8 Å². The second-order valence-electron chi connectivity index (χ2n) is 8.48. The Balaban J connectivity index is 1.42. The quantitative estimate of drug-likeness (QED) is 0.609. The average molecular weight is 421 g/mol. The lowest BCUT2D eigenvalue weighted by Crippen LogP contribution is -2.41. The number of benzene rings is 1. The van der Waals surface area contributed by atoms with Gasteiger partial charge in [0.15, 0.2) is 0 Å². The smallest absolute Gasteiger partial charge is 0.223 e. The van der Waals surface area contributed by atoms with Gasteiger partial charge in [-0.15, -0.1) is 0 Å². The fourth-order valence-electron chi connectivity index (χ4n) is 4.14. The van der Waals surface area contributed by atoms with Crippen molar-refractivity contribution in [3.05, 3.63) is 66.6 Å². The van der Waals surface area contributed by atoms with Crippen LogP contribution in [-0.4, -0.2) is 70.3 Å². The summed E-state index contributed by atoms with van der Waals surface area (Å²) in [6.07, 6.45) is 7.90. The highest BCUT2D eigenvalue weighted by Gasteiger charge is 2.26. The van der Waals surface area contributed by atoms with Gasteiger partial charge in [0.25, 0.3) is 0 Å². The van der Waals surface area contributed by atoms with E-state index in [9.17, 15) is 4.79 Å². The van der Waals surface area contributed by atoms with Crippen molar-refractivity contribution in [2.24, 2.45) is 5.92 Å². The third-order valence-electron chi connectivity index (χ3n) is 5.88. The second-order valence-corrected chi connectivity index (χ2v) is 8.48. The summed E-state index contributed by atoms with van der Waals surface area (Å²) in [5, 5.41) is 7.78. The molecule has 1 aliphatic heterocycles. The first-order valence-electron chi connectivity index (χ1n) is 11.0. The molecule has 1 amide bonds. The number of para-hydroxylation sites is 1. The highest BCUT2D eigenvalue weighted by Crippen LogP contribution is 2.24. The molecule has 0 saturated carbocycles. The van der Waals surface area contributed by atoms with Gasteiger partial charge in [-0.25, -0.2) is 4.68 Å². The molecule has 1 N–H and O–H groups in total. The zero-order valence-electron chi connectivity index (χ0n) is 18.4. The van der Waals surface area contributed by atoms with Crippen LogP contribution in [0.1, 0.15) is 18.4 Å². The van der Waals surface area contributed by atoms with Crippen LogP contribution < -0.4 is 5.32 Å². The highest BCUT2D eigenvalue weighted by atomic mass is 16.1. The number of rotatable bonds is 8. The summed E-state index contributed by atoms with van der Waals surface area (Å²) in [6.45, 7) is 4.26. The maximum Gasteiger partial charge on any atom is 0.223 e. The molecule has 0 spiro atoms. The molecule has 0 aliphatic carbocycles. The summed E-state index contributed by atoms with van der Waals surface area (Å²) in [7, 11) is 4.04. The van der Waals surface area contributed by atoms with Crippen LogP contribution in [0.4, 0.5) is 0 Å². The molecule has 3 aromatic rings. The summed E-state index contributed by atoms with van der Waals surface area (Å²) >= 11 is 0. The molecule has 31 heavy (non-hydrogen) atoms. The average Bonchev–Trinajstić information content (AvgIpc) is 3.44. The SMILES string of the molecule is CN(C)CCNC(=O)C1CCN(Cc2cnn(-c3ccccc3)c2-n2cccc2)CC1. The number of amides is 1. The number of likely N-dealkylation sites (N-methyl/N-ethyl adjacent to an activating group) is 1. The molecule has 4 rings (SSSR count). The molecule has 1 saturated heterocycles. The van der Waals surface area contributed by atoms with Crippen molar-refractivity contribution in [3.8, 4) is 11.5 Å². The number of aromatic nitrogens is 3. The van der Waals surface area contributed by atoms with Crippen LogP contribution in [0.25, 0.3) is 11.5 Å². The van der Waals surface area contributed by atoms with Crippen LogP contribution in [0.2, 0.25) is 0 Å². The second kappa shape index (κ2) is 9.94. The monoisotopic (exact) mass is 420 g/mol. The first-order chi connectivity index (χ1) is 15.1. The van der Waals surface area contributed by atoms with Gasteiger partial charge >= 0.3 is 0 Å². The van der Waals surface area contributed by atoms with Crippen molar-refractivity contribution in [3.63, 3.8) is 0 Å². The van der Waals surface area contributed by atoms with Crippen LogP contribution in [0.5, 0.6) is 0 Å². The van der Waals surface area contributed by atoms with E-state index < -0.39 is 0 Å². The van der Waals surface area contributed by atoms with Gasteiger partial charge in [-0.3, -0.25) is 9.69 Å². The van der Waals surface area contributed by atoms with Crippen LogP contribution in [0.3, 0.4) is 0 Å². The predicted octanol–water partition coefficient (Wildman–Crippen LogP) is 2.55. The lowest BCUT2D eigenvalue weighted by molar-refractivity contribution is -0.126. The minimum Gasteiger partial charge on any atom is -0.355 e. The topological polar surface area (TPSA) is 58.3 Å². The van der Waals surface area contributed by atoms with E-state index in [1.807, 2.05) is 55.3 Å². The van der Waals surface area contributed by atoms with Gasteiger partial charge in [-0.05, 0) is 64.3 Å². The largest absolute Gasteiger partial charge is 0.355 e. The van der Waals surface area contributed by atoms with Gasteiger partial charge in [-0.1, -0.05) is 18.2 Å².